The Hall–Kier alpha value is -1.98. The Morgan fingerprint density at radius 2 is 1.68 bits per heavy atom. The Bertz CT molecular complexity index is 1210. The maximum atomic E-state index is 13.1. The van der Waals surface area contributed by atoms with Crippen molar-refractivity contribution in [2.75, 3.05) is 21.3 Å². The third-order valence-electron chi connectivity index (χ3n) is 4.88. The largest absolute Gasteiger partial charge is 0.417 e. The van der Waals surface area contributed by atoms with Crippen molar-refractivity contribution in [2.24, 2.45) is 0 Å². The second kappa shape index (κ2) is 8.18. The summed E-state index contributed by atoms with van der Waals surface area (Å²) in [6, 6.07) is 5.63. The Morgan fingerprint density at radius 3 is 2.23 bits per heavy atom. The zero-order valence-electron chi connectivity index (χ0n) is 16.6. The molecular formula is C19H20ClF3N2O4S2. The van der Waals surface area contributed by atoms with Crippen LogP contribution in [-0.4, -0.2) is 29.1 Å². The van der Waals surface area contributed by atoms with Gasteiger partial charge in [0.1, 0.15) is 0 Å². The summed E-state index contributed by atoms with van der Waals surface area (Å²) < 4.78 is 93.3. The van der Waals surface area contributed by atoms with Crippen molar-refractivity contribution >= 4 is 43.0 Å². The van der Waals surface area contributed by atoms with Crippen molar-refractivity contribution in [1.29, 1.82) is 0 Å². The quantitative estimate of drug-likeness (QED) is 0.664. The monoisotopic (exact) mass is 496 g/mol. The molecule has 2 aromatic carbocycles. The molecular weight excluding hydrogens is 477 g/mol. The van der Waals surface area contributed by atoms with E-state index in [-0.39, 0.29) is 27.5 Å². The average molecular weight is 497 g/mol. The van der Waals surface area contributed by atoms with Gasteiger partial charge in [-0.05, 0) is 68.1 Å². The number of halogens is 4. The lowest BCUT2D eigenvalue weighted by atomic mass is 10.1. The number of benzene rings is 2. The summed E-state index contributed by atoms with van der Waals surface area (Å²) in [5, 5.41) is -0.546. The molecule has 1 N–H and O–H groups in total. The van der Waals surface area contributed by atoms with E-state index >= 15 is 0 Å². The van der Waals surface area contributed by atoms with Crippen molar-refractivity contribution in [1.82, 2.24) is 0 Å². The predicted octanol–water partition coefficient (Wildman–Crippen LogP) is 4.71. The van der Waals surface area contributed by atoms with Gasteiger partial charge in [-0.1, -0.05) is 11.6 Å². The van der Waals surface area contributed by atoms with Gasteiger partial charge in [0.05, 0.1) is 26.9 Å². The van der Waals surface area contributed by atoms with Gasteiger partial charge in [-0.15, -0.1) is 0 Å². The fraction of sp³-hybridized carbons (Fsp3) is 0.368. The molecule has 0 atom stereocenters. The zero-order chi connectivity index (χ0) is 23.2. The van der Waals surface area contributed by atoms with Crippen molar-refractivity contribution in [3.05, 3.63) is 52.0 Å². The Kier molecular flexibility index (Phi) is 6.25. The van der Waals surface area contributed by atoms with E-state index in [0.717, 1.165) is 12.1 Å². The molecule has 1 aliphatic heterocycles. The summed E-state index contributed by atoms with van der Waals surface area (Å²) in [7, 11) is -7.74. The highest BCUT2D eigenvalue weighted by Crippen LogP contribution is 2.37. The lowest BCUT2D eigenvalue weighted by Gasteiger charge is -2.29. The van der Waals surface area contributed by atoms with E-state index in [9.17, 15) is 30.0 Å². The molecule has 0 amide bonds. The van der Waals surface area contributed by atoms with E-state index in [2.05, 4.69) is 4.72 Å². The summed E-state index contributed by atoms with van der Waals surface area (Å²) in [5.74, 6) is 0.0187. The molecule has 12 heteroatoms. The zero-order valence-corrected chi connectivity index (χ0v) is 19.0. The number of nitrogens with one attached hydrogen (secondary N) is 1. The minimum Gasteiger partial charge on any atom is -0.280 e. The van der Waals surface area contributed by atoms with Crippen LogP contribution in [0.3, 0.4) is 0 Å². The molecule has 0 aromatic heterocycles. The van der Waals surface area contributed by atoms with Gasteiger partial charge in [0.25, 0.3) is 10.0 Å². The van der Waals surface area contributed by atoms with E-state index in [0.29, 0.717) is 31.1 Å². The van der Waals surface area contributed by atoms with E-state index < -0.39 is 36.8 Å². The topological polar surface area (TPSA) is 83.6 Å². The van der Waals surface area contributed by atoms with Crippen LogP contribution in [-0.2, 0) is 26.2 Å². The van der Waals surface area contributed by atoms with Crippen LogP contribution in [0.2, 0.25) is 5.02 Å². The predicted molar refractivity (Wildman–Crippen MR) is 114 cm³/mol. The molecule has 170 valence electrons. The minimum absolute atomic E-state index is 0.0187. The van der Waals surface area contributed by atoms with Gasteiger partial charge in [0.2, 0.25) is 10.0 Å². The molecule has 1 fully saturated rings. The van der Waals surface area contributed by atoms with Crippen molar-refractivity contribution in [2.45, 2.75) is 37.8 Å². The minimum atomic E-state index is -4.74. The summed E-state index contributed by atoms with van der Waals surface area (Å²) in [6.45, 7) is 3.31. The van der Waals surface area contributed by atoms with Crippen LogP contribution in [0.1, 0.15) is 29.5 Å². The number of nitrogens with zero attached hydrogens (tertiary/aromatic N) is 1. The van der Waals surface area contributed by atoms with Gasteiger partial charge >= 0.3 is 6.18 Å². The lowest BCUT2D eigenvalue weighted by Crippen LogP contribution is -2.38. The van der Waals surface area contributed by atoms with Gasteiger partial charge < -0.3 is 0 Å². The fourth-order valence-corrected chi connectivity index (χ4v) is 6.94. The summed E-state index contributed by atoms with van der Waals surface area (Å²) in [6.07, 6.45) is -3.49. The van der Waals surface area contributed by atoms with Crippen LogP contribution in [0.5, 0.6) is 0 Å². The van der Waals surface area contributed by atoms with Crippen LogP contribution >= 0.6 is 11.6 Å². The van der Waals surface area contributed by atoms with Crippen molar-refractivity contribution < 1.29 is 30.0 Å². The number of rotatable bonds is 4. The van der Waals surface area contributed by atoms with E-state index in [4.69, 9.17) is 11.6 Å². The second-order valence-corrected chi connectivity index (χ2v) is 11.3. The molecule has 0 unspecified atom stereocenters. The Morgan fingerprint density at radius 1 is 1.06 bits per heavy atom. The number of alkyl halides is 3. The highest BCUT2D eigenvalue weighted by atomic mass is 35.5. The van der Waals surface area contributed by atoms with Gasteiger partial charge in [0.15, 0.2) is 0 Å². The number of aryl methyl sites for hydroxylation is 2. The molecule has 1 heterocycles. The summed E-state index contributed by atoms with van der Waals surface area (Å²) >= 11 is 5.58. The molecule has 0 bridgehead atoms. The third-order valence-corrected chi connectivity index (χ3v) is 8.76. The molecule has 0 saturated carbocycles. The van der Waals surface area contributed by atoms with Crippen LogP contribution < -0.4 is 9.03 Å². The standard InChI is InChI=1S/C19H20ClF3N2O4S2/c1-12-9-15(25-7-3-4-8-30(25,26)27)10-13(2)18(12)31(28,29)24-14-5-6-17(20)16(11-14)19(21,22)23/h5-6,9-11,24H,3-4,7-8H2,1-2H3. The summed E-state index contributed by atoms with van der Waals surface area (Å²) in [4.78, 5) is -0.130. The normalized spacial score (nSPS) is 16.9. The van der Waals surface area contributed by atoms with Gasteiger partial charge in [0, 0.05) is 12.2 Å². The molecule has 1 saturated heterocycles. The van der Waals surface area contributed by atoms with Crippen LogP contribution in [0, 0.1) is 13.8 Å². The number of hydrogen-bond acceptors (Lipinski definition) is 4. The number of anilines is 2. The molecule has 1 aliphatic rings. The number of hydrogen-bond donors (Lipinski definition) is 1. The Balaban J connectivity index is 1.99. The summed E-state index contributed by atoms with van der Waals surface area (Å²) in [5.41, 5.74) is -0.548. The van der Waals surface area contributed by atoms with Crippen molar-refractivity contribution in [3.8, 4) is 0 Å². The van der Waals surface area contributed by atoms with Gasteiger partial charge in [-0.2, -0.15) is 13.2 Å². The van der Waals surface area contributed by atoms with Crippen molar-refractivity contribution in [3.63, 3.8) is 0 Å². The lowest BCUT2D eigenvalue weighted by molar-refractivity contribution is -0.137. The first-order valence-corrected chi connectivity index (χ1v) is 12.7. The SMILES string of the molecule is Cc1cc(N2CCCCS2(=O)=O)cc(C)c1S(=O)(=O)Nc1ccc(Cl)c(C(F)(F)F)c1. The maximum Gasteiger partial charge on any atom is 0.417 e. The molecule has 6 nitrogen and oxygen atoms in total. The molecule has 31 heavy (non-hydrogen) atoms. The first-order valence-electron chi connectivity index (χ1n) is 9.23. The van der Waals surface area contributed by atoms with Gasteiger partial charge in [-0.3, -0.25) is 9.03 Å². The van der Waals surface area contributed by atoms with Crippen LogP contribution in [0.4, 0.5) is 24.5 Å². The molecule has 2 aromatic rings. The molecule has 3 rings (SSSR count). The second-order valence-electron chi connectivity index (χ2n) is 7.30. The van der Waals surface area contributed by atoms with E-state index in [1.165, 1.54) is 30.3 Å². The number of sulfonamides is 2. The first kappa shape index (κ1) is 23.7. The fourth-order valence-electron chi connectivity index (χ4n) is 3.59. The van der Waals surface area contributed by atoms with Gasteiger partial charge in [-0.25, -0.2) is 16.8 Å². The van der Waals surface area contributed by atoms with Crippen LogP contribution in [0.25, 0.3) is 0 Å². The maximum absolute atomic E-state index is 13.1. The first-order chi connectivity index (χ1) is 14.2. The average Bonchev–Trinajstić information content (AvgIpc) is 2.60. The van der Waals surface area contributed by atoms with Crippen LogP contribution in [0.15, 0.2) is 35.2 Å². The Labute approximate surface area is 184 Å². The molecule has 0 spiro atoms. The smallest absolute Gasteiger partial charge is 0.280 e. The molecule has 0 radical (unpaired) electrons. The highest BCUT2D eigenvalue weighted by molar-refractivity contribution is 7.93. The molecule has 0 aliphatic carbocycles. The van der Waals surface area contributed by atoms with E-state index in [1.54, 1.807) is 0 Å². The van der Waals surface area contributed by atoms with E-state index in [1.807, 2.05) is 0 Å². The third kappa shape index (κ3) is 4.93. The highest BCUT2D eigenvalue weighted by Gasteiger charge is 2.34.